The van der Waals surface area contributed by atoms with Crippen LogP contribution in [0.15, 0.2) is 18.2 Å². The minimum atomic E-state index is -0.510. The Labute approximate surface area is 88.7 Å². The van der Waals surface area contributed by atoms with Gasteiger partial charge in [0.1, 0.15) is 11.9 Å². The molecule has 1 atom stereocenters. The van der Waals surface area contributed by atoms with E-state index < -0.39 is 11.9 Å². The maximum absolute atomic E-state index is 13.0. The average Bonchev–Trinajstić information content (AvgIpc) is 2.10. The van der Waals surface area contributed by atoms with Gasteiger partial charge in [-0.05, 0) is 38.2 Å². The zero-order chi connectivity index (χ0) is 11.6. The van der Waals surface area contributed by atoms with Gasteiger partial charge in [0.2, 0.25) is 5.91 Å². The molecule has 0 heterocycles. The Balaban J connectivity index is 3.12. The molecule has 82 valence electrons. The van der Waals surface area contributed by atoms with Gasteiger partial charge in [-0.15, -0.1) is 0 Å². The van der Waals surface area contributed by atoms with E-state index in [0.29, 0.717) is 11.1 Å². The first-order valence-electron chi connectivity index (χ1n) is 4.65. The fourth-order valence-electron chi connectivity index (χ4n) is 1.55. The second-order valence-electron chi connectivity index (χ2n) is 3.78. The molecule has 0 aliphatic heterocycles. The van der Waals surface area contributed by atoms with Gasteiger partial charge in [-0.1, -0.05) is 12.1 Å². The molecule has 1 aromatic carbocycles. The summed E-state index contributed by atoms with van der Waals surface area (Å²) in [5, 5.41) is 0. The Hall–Kier alpha value is -1.42. The first-order chi connectivity index (χ1) is 6.93. The van der Waals surface area contributed by atoms with Crippen molar-refractivity contribution in [1.82, 2.24) is 4.90 Å². The highest BCUT2D eigenvalue weighted by Crippen LogP contribution is 2.20. The molecular weight excluding hydrogens is 195 g/mol. The van der Waals surface area contributed by atoms with Gasteiger partial charge < -0.3 is 5.73 Å². The fourth-order valence-corrected chi connectivity index (χ4v) is 1.55. The maximum Gasteiger partial charge on any atom is 0.239 e. The van der Waals surface area contributed by atoms with E-state index in [0.717, 1.165) is 0 Å². The summed E-state index contributed by atoms with van der Waals surface area (Å²) in [6.07, 6.45) is 0. The lowest BCUT2D eigenvalue weighted by Gasteiger charge is -2.21. The number of amides is 1. The fraction of sp³-hybridized carbons (Fsp3) is 0.364. The number of aryl methyl sites for hydroxylation is 1. The standard InChI is InChI=1S/C11H15FN2O/c1-7-6-8(4-5-9(7)12)10(11(13)15)14(2)3/h4-6,10H,1-3H3,(H2,13,15). The SMILES string of the molecule is Cc1cc(C(C(N)=O)N(C)C)ccc1F. The van der Waals surface area contributed by atoms with E-state index in [1.54, 1.807) is 38.1 Å². The Bertz CT molecular complexity index is 377. The predicted octanol–water partition coefficient (Wildman–Crippen LogP) is 1.22. The first kappa shape index (κ1) is 11.7. The number of carbonyl (C=O) groups excluding carboxylic acids is 1. The number of hydrogen-bond donors (Lipinski definition) is 1. The summed E-state index contributed by atoms with van der Waals surface area (Å²) in [6.45, 7) is 1.66. The molecule has 0 aromatic heterocycles. The number of rotatable bonds is 3. The Morgan fingerprint density at radius 2 is 2.07 bits per heavy atom. The third-order valence-electron chi connectivity index (χ3n) is 2.28. The summed E-state index contributed by atoms with van der Waals surface area (Å²) in [4.78, 5) is 12.9. The molecule has 15 heavy (non-hydrogen) atoms. The molecule has 0 radical (unpaired) electrons. The minimum absolute atomic E-state index is 0.277. The van der Waals surface area contributed by atoms with Crippen LogP contribution >= 0.6 is 0 Å². The van der Waals surface area contributed by atoms with Gasteiger partial charge in [0, 0.05) is 0 Å². The highest BCUT2D eigenvalue weighted by molar-refractivity contribution is 5.81. The van der Waals surface area contributed by atoms with Crippen LogP contribution in [-0.4, -0.2) is 24.9 Å². The van der Waals surface area contributed by atoms with Crippen molar-refractivity contribution in [2.45, 2.75) is 13.0 Å². The summed E-state index contributed by atoms with van der Waals surface area (Å²) >= 11 is 0. The Morgan fingerprint density at radius 1 is 1.47 bits per heavy atom. The number of nitrogens with two attached hydrogens (primary N) is 1. The van der Waals surface area contributed by atoms with Crippen LogP contribution in [-0.2, 0) is 4.79 Å². The molecule has 4 heteroatoms. The first-order valence-corrected chi connectivity index (χ1v) is 4.65. The van der Waals surface area contributed by atoms with E-state index in [9.17, 15) is 9.18 Å². The lowest BCUT2D eigenvalue weighted by molar-refractivity contribution is -0.122. The van der Waals surface area contributed by atoms with E-state index >= 15 is 0 Å². The van der Waals surface area contributed by atoms with Gasteiger partial charge >= 0.3 is 0 Å². The molecule has 0 spiro atoms. The van der Waals surface area contributed by atoms with Crippen LogP contribution in [0.5, 0.6) is 0 Å². The van der Waals surface area contributed by atoms with Crippen LogP contribution in [0.1, 0.15) is 17.2 Å². The molecule has 1 amide bonds. The van der Waals surface area contributed by atoms with Crippen molar-refractivity contribution in [3.63, 3.8) is 0 Å². The second kappa shape index (κ2) is 4.40. The van der Waals surface area contributed by atoms with Crippen LogP contribution < -0.4 is 5.73 Å². The molecule has 2 N–H and O–H groups in total. The molecule has 0 saturated carbocycles. The number of primary amides is 1. The van der Waals surface area contributed by atoms with E-state index in [-0.39, 0.29) is 5.82 Å². The normalized spacial score (nSPS) is 12.9. The van der Waals surface area contributed by atoms with Crippen LogP contribution in [0.25, 0.3) is 0 Å². The summed E-state index contributed by atoms with van der Waals surface area (Å²) < 4.78 is 13.0. The molecule has 1 unspecified atom stereocenters. The van der Waals surface area contributed by atoms with Gasteiger partial charge in [-0.25, -0.2) is 4.39 Å². The monoisotopic (exact) mass is 210 g/mol. The molecular formula is C11H15FN2O. The van der Waals surface area contributed by atoms with Gasteiger partial charge in [0.05, 0.1) is 0 Å². The van der Waals surface area contributed by atoms with Gasteiger partial charge in [-0.3, -0.25) is 9.69 Å². The molecule has 0 fully saturated rings. The summed E-state index contributed by atoms with van der Waals surface area (Å²) in [5.74, 6) is -0.716. The predicted molar refractivity (Wildman–Crippen MR) is 56.8 cm³/mol. The number of hydrogen-bond acceptors (Lipinski definition) is 2. The highest BCUT2D eigenvalue weighted by Gasteiger charge is 2.20. The number of nitrogens with zero attached hydrogens (tertiary/aromatic N) is 1. The molecule has 0 bridgehead atoms. The van der Waals surface area contributed by atoms with Crippen LogP contribution in [0.2, 0.25) is 0 Å². The number of likely N-dealkylation sites (N-methyl/N-ethyl adjacent to an activating group) is 1. The van der Waals surface area contributed by atoms with Crippen molar-refractivity contribution in [3.8, 4) is 0 Å². The van der Waals surface area contributed by atoms with E-state index in [1.165, 1.54) is 6.07 Å². The van der Waals surface area contributed by atoms with Gasteiger partial charge in [-0.2, -0.15) is 0 Å². The minimum Gasteiger partial charge on any atom is -0.368 e. The molecule has 0 aliphatic carbocycles. The van der Waals surface area contributed by atoms with Crippen molar-refractivity contribution in [2.75, 3.05) is 14.1 Å². The number of halogens is 1. The smallest absolute Gasteiger partial charge is 0.239 e. The summed E-state index contributed by atoms with van der Waals surface area (Å²) in [6, 6.07) is 4.07. The summed E-state index contributed by atoms with van der Waals surface area (Å²) in [5.41, 5.74) is 6.51. The number of carbonyl (C=O) groups is 1. The van der Waals surface area contributed by atoms with Crippen molar-refractivity contribution in [2.24, 2.45) is 5.73 Å². The molecule has 0 saturated heterocycles. The quantitative estimate of drug-likeness (QED) is 0.815. The van der Waals surface area contributed by atoms with Gasteiger partial charge in [0.25, 0.3) is 0 Å². The third-order valence-corrected chi connectivity index (χ3v) is 2.28. The second-order valence-corrected chi connectivity index (χ2v) is 3.78. The lowest BCUT2D eigenvalue weighted by atomic mass is 10.0. The summed E-state index contributed by atoms with van der Waals surface area (Å²) in [7, 11) is 3.52. The van der Waals surface area contributed by atoms with Crippen molar-refractivity contribution >= 4 is 5.91 Å². The molecule has 0 aliphatic rings. The zero-order valence-electron chi connectivity index (χ0n) is 9.12. The molecule has 3 nitrogen and oxygen atoms in total. The van der Waals surface area contributed by atoms with E-state index in [1.807, 2.05) is 0 Å². The average molecular weight is 210 g/mol. The largest absolute Gasteiger partial charge is 0.368 e. The number of benzene rings is 1. The van der Waals surface area contributed by atoms with Crippen LogP contribution in [0, 0.1) is 12.7 Å². The van der Waals surface area contributed by atoms with Crippen LogP contribution in [0.4, 0.5) is 4.39 Å². The van der Waals surface area contributed by atoms with E-state index in [4.69, 9.17) is 5.73 Å². The maximum atomic E-state index is 13.0. The van der Waals surface area contributed by atoms with Crippen molar-refractivity contribution in [3.05, 3.63) is 35.1 Å². The Morgan fingerprint density at radius 3 is 2.47 bits per heavy atom. The van der Waals surface area contributed by atoms with Crippen molar-refractivity contribution in [1.29, 1.82) is 0 Å². The third kappa shape index (κ3) is 2.53. The highest BCUT2D eigenvalue weighted by atomic mass is 19.1. The van der Waals surface area contributed by atoms with Crippen LogP contribution in [0.3, 0.4) is 0 Å². The van der Waals surface area contributed by atoms with E-state index in [2.05, 4.69) is 0 Å². The van der Waals surface area contributed by atoms with Crippen molar-refractivity contribution < 1.29 is 9.18 Å². The lowest BCUT2D eigenvalue weighted by Crippen LogP contribution is -2.32. The zero-order valence-corrected chi connectivity index (χ0v) is 9.12. The van der Waals surface area contributed by atoms with Gasteiger partial charge in [0.15, 0.2) is 0 Å². The topological polar surface area (TPSA) is 46.3 Å². The molecule has 1 aromatic rings. The molecule has 1 rings (SSSR count). The Kier molecular flexibility index (Phi) is 3.42.